The zero-order valence-electron chi connectivity index (χ0n) is 12.5. The Kier molecular flexibility index (Phi) is 4.55. The van der Waals surface area contributed by atoms with Crippen molar-refractivity contribution < 1.29 is 13.2 Å². The van der Waals surface area contributed by atoms with E-state index >= 15 is 0 Å². The number of nitrogens with one attached hydrogen (secondary N) is 1. The van der Waals surface area contributed by atoms with Gasteiger partial charge in [-0.1, -0.05) is 6.92 Å². The van der Waals surface area contributed by atoms with Crippen molar-refractivity contribution >= 4 is 26.6 Å². The Morgan fingerprint density at radius 1 is 1.43 bits per heavy atom. The van der Waals surface area contributed by atoms with Gasteiger partial charge in [-0.05, 0) is 25.1 Å². The van der Waals surface area contributed by atoms with Crippen LogP contribution in [0.2, 0.25) is 0 Å². The van der Waals surface area contributed by atoms with Crippen molar-refractivity contribution in [1.82, 2.24) is 9.29 Å². The molecular weight excluding hydrogens is 290 g/mol. The highest BCUT2D eigenvalue weighted by Gasteiger charge is 2.29. The number of aromatic nitrogens is 1. The summed E-state index contributed by atoms with van der Waals surface area (Å²) in [5, 5.41) is 0.609. The molecule has 116 valence electrons. The molecule has 21 heavy (non-hydrogen) atoms. The van der Waals surface area contributed by atoms with Crippen LogP contribution in [0.4, 0.5) is 5.69 Å². The number of nitrogen functional groups attached to an aromatic ring is 1. The molecular formula is C14H21N3O3S. The van der Waals surface area contributed by atoms with Crippen molar-refractivity contribution in [1.29, 1.82) is 0 Å². The molecule has 0 bridgehead atoms. The lowest BCUT2D eigenvalue weighted by atomic mass is 10.2. The number of hydrogen-bond acceptors (Lipinski definition) is 4. The first-order valence-corrected chi connectivity index (χ1v) is 8.23. The van der Waals surface area contributed by atoms with Crippen molar-refractivity contribution in [2.75, 3.05) is 26.0 Å². The third-order valence-electron chi connectivity index (χ3n) is 3.47. The van der Waals surface area contributed by atoms with E-state index in [0.717, 1.165) is 5.52 Å². The highest BCUT2D eigenvalue weighted by atomic mass is 32.2. The molecule has 0 spiro atoms. The van der Waals surface area contributed by atoms with Crippen LogP contribution in [0.5, 0.6) is 0 Å². The number of rotatable bonds is 6. The molecule has 1 heterocycles. The standard InChI is InChI=1S/C14H21N3O3S/c1-4-17(10(2)9-20-3)21(18,19)14-8-16-13-6-5-11(15)7-12(13)14/h5-8,10,16H,4,9,15H2,1-3H3. The SMILES string of the molecule is CCN(C(C)COC)S(=O)(=O)c1c[nH]c2ccc(N)cc12. The average molecular weight is 311 g/mol. The number of H-pyrrole nitrogens is 1. The molecule has 0 aliphatic heterocycles. The highest BCUT2D eigenvalue weighted by Crippen LogP contribution is 2.28. The third kappa shape index (κ3) is 2.90. The van der Waals surface area contributed by atoms with E-state index in [0.29, 0.717) is 24.2 Å². The molecule has 1 atom stereocenters. The van der Waals surface area contributed by atoms with Crippen LogP contribution in [-0.4, -0.2) is 44.0 Å². The fourth-order valence-electron chi connectivity index (χ4n) is 2.50. The van der Waals surface area contributed by atoms with Crippen LogP contribution in [0, 0.1) is 0 Å². The molecule has 0 saturated heterocycles. The first-order valence-electron chi connectivity index (χ1n) is 6.79. The summed E-state index contributed by atoms with van der Waals surface area (Å²) in [7, 11) is -2.05. The minimum atomic E-state index is -3.61. The van der Waals surface area contributed by atoms with Crippen LogP contribution in [0.1, 0.15) is 13.8 Å². The summed E-state index contributed by atoms with van der Waals surface area (Å²) in [4.78, 5) is 3.22. The number of hydrogen-bond donors (Lipinski definition) is 2. The Balaban J connectivity index is 2.52. The number of benzene rings is 1. The molecule has 0 aliphatic rings. The number of nitrogens with zero attached hydrogens (tertiary/aromatic N) is 1. The normalized spacial score (nSPS) is 13.9. The lowest BCUT2D eigenvalue weighted by molar-refractivity contribution is 0.143. The maximum Gasteiger partial charge on any atom is 0.245 e. The van der Waals surface area contributed by atoms with E-state index in [-0.39, 0.29) is 10.9 Å². The van der Waals surface area contributed by atoms with Crippen molar-refractivity contribution in [2.45, 2.75) is 24.8 Å². The second kappa shape index (κ2) is 6.05. The fraction of sp³-hybridized carbons (Fsp3) is 0.429. The molecule has 2 rings (SSSR count). The van der Waals surface area contributed by atoms with Gasteiger partial charge in [-0.25, -0.2) is 8.42 Å². The number of nitrogens with two attached hydrogens (primary N) is 1. The predicted octanol–water partition coefficient (Wildman–Crippen LogP) is 1.80. The number of ether oxygens (including phenoxy) is 1. The van der Waals surface area contributed by atoms with Gasteiger partial charge in [0.05, 0.1) is 6.61 Å². The first-order chi connectivity index (χ1) is 9.91. The summed E-state index contributed by atoms with van der Waals surface area (Å²) in [5.74, 6) is 0. The molecule has 0 radical (unpaired) electrons. The van der Waals surface area contributed by atoms with Gasteiger partial charge in [0, 0.05) is 42.5 Å². The molecule has 0 fully saturated rings. The van der Waals surface area contributed by atoms with Crippen LogP contribution in [0.15, 0.2) is 29.3 Å². The number of likely N-dealkylation sites (N-methyl/N-ethyl adjacent to an activating group) is 1. The topological polar surface area (TPSA) is 88.4 Å². The lowest BCUT2D eigenvalue weighted by Crippen LogP contribution is -2.40. The second-order valence-corrected chi connectivity index (χ2v) is 6.83. The van der Waals surface area contributed by atoms with Crippen LogP contribution in [0.3, 0.4) is 0 Å². The van der Waals surface area contributed by atoms with Crippen molar-refractivity contribution in [3.8, 4) is 0 Å². The Labute approximate surface area is 124 Å². The minimum Gasteiger partial charge on any atom is -0.399 e. The van der Waals surface area contributed by atoms with Crippen LogP contribution in [0.25, 0.3) is 10.9 Å². The van der Waals surface area contributed by atoms with Gasteiger partial charge >= 0.3 is 0 Å². The number of fused-ring (bicyclic) bond motifs is 1. The quantitative estimate of drug-likeness (QED) is 0.796. The van der Waals surface area contributed by atoms with Gasteiger partial charge in [0.15, 0.2) is 0 Å². The van der Waals surface area contributed by atoms with E-state index in [1.807, 2.05) is 13.8 Å². The number of aromatic amines is 1. The Bertz CT molecular complexity index is 724. The number of sulfonamides is 1. The Morgan fingerprint density at radius 2 is 2.14 bits per heavy atom. The molecule has 7 heteroatoms. The van der Waals surface area contributed by atoms with Gasteiger partial charge in [-0.3, -0.25) is 0 Å². The van der Waals surface area contributed by atoms with Crippen molar-refractivity contribution in [3.05, 3.63) is 24.4 Å². The van der Waals surface area contributed by atoms with E-state index in [9.17, 15) is 8.42 Å². The smallest absolute Gasteiger partial charge is 0.245 e. The third-order valence-corrected chi connectivity index (χ3v) is 5.59. The van der Waals surface area contributed by atoms with Crippen LogP contribution >= 0.6 is 0 Å². The number of anilines is 1. The maximum atomic E-state index is 12.9. The zero-order valence-corrected chi connectivity index (χ0v) is 13.3. The summed E-state index contributed by atoms with van der Waals surface area (Å²) in [6, 6.07) is 4.95. The van der Waals surface area contributed by atoms with Gasteiger partial charge in [-0.15, -0.1) is 0 Å². The molecule has 1 unspecified atom stereocenters. The molecule has 1 aromatic heterocycles. The minimum absolute atomic E-state index is 0.240. The maximum absolute atomic E-state index is 12.9. The Morgan fingerprint density at radius 3 is 2.76 bits per heavy atom. The van der Waals surface area contributed by atoms with E-state index in [1.165, 1.54) is 10.5 Å². The largest absolute Gasteiger partial charge is 0.399 e. The Hall–Kier alpha value is -1.57. The van der Waals surface area contributed by atoms with Crippen LogP contribution in [-0.2, 0) is 14.8 Å². The van der Waals surface area contributed by atoms with Crippen LogP contribution < -0.4 is 5.73 Å². The van der Waals surface area contributed by atoms with E-state index in [2.05, 4.69) is 4.98 Å². The highest BCUT2D eigenvalue weighted by molar-refractivity contribution is 7.89. The first kappa shape index (κ1) is 15.8. The molecule has 3 N–H and O–H groups in total. The summed E-state index contributed by atoms with van der Waals surface area (Å²) in [5.41, 5.74) is 7.05. The summed E-state index contributed by atoms with van der Waals surface area (Å²) >= 11 is 0. The van der Waals surface area contributed by atoms with Gasteiger partial charge in [-0.2, -0.15) is 4.31 Å². The van der Waals surface area contributed by atoms with Crippen molar-refractivity contribution in [2.24, 2.45) is 0 Å². The fourth-order valence-corrected chi connectivity index (χ4v) is 4.28. The molecule has 0 saturated carbocycles. The average Bonchev–Trinajstić information content (AvgIpc) is 2.83. The summed E-state index contributed by atoms with van der Waals surface area (Å²) < 4.78 is 32.3. The molecule has 1 aromatic carbocycles. The monoisotopic (exact) mass is 311 g/mol. The molecule has 6 nitrogen and oxygen atoms in total. The van der Waals surface area contributed by atoms with Gasteiger partial charge in [0.1, 0.15) is 4.90 Å². The summed E-state index contributed by atoms with van der Waals surface area (Å²) in [6.45, 7) is 4.36. The second-order valence-electron chi connectivity index (χ2n) is 4.97. The number of methoxy groups -OCH3 is 1. The molecule has 0 aliphatic carbocycles. The van der Waals surface area contributed by atoms with Gasteiger partial charge < -0.3 is 15.5 Å². The van der Waals surface area contributed by atoms with E-state index < -0.39 is 10.0 Å². The lowest BCUT2D eigenvalue weighted by Gasteiger charge is -2.26. The predicted molar refractivity (Wildman–Crippen MR) is 83.6 cm³/mol. The molecule has 2 aromatic rings. The van der Waals surface area contributed by atoms with Crippen molar-refractivity contribution in [3.63, 3.8) is 0 Å². The molecule has 0 amide bonds. The van der Waals surface area contributed by atoms with Gasteiger partial charge in [0.25, 0.3) is 0 Å². The van der Waals surface area contributed by atoms with E-state index in [4.69, 9.17) is 10.5 Å². The zero-order chi connectivity index (χ0) is 15.6. The van der Waals surface area contributed by atoms with E-state index in [1.54, 1.807) is 25.3 Å². The summed E-state index contributed by atoms with van der Waals surface area (Å²) in [6.07, 6.45) is 1.52. The van der Waals surface area contributed by atoms with Gasteiger partial charge in [0.2, 0.25) is 10.0 Å².